The lowest BCUT2D eigenvalue weighted by molar-refractivity contribution is -0.132. The fraction of sp³-hybridized carbons (Fsp3) is 0.333. The minimum atomic E-state index is -0.118. The van der Waals surface area contributed by atoms with Crippen LogP contribution in [0.3, 0.4) is 0 Å². The Morgan fingerprint density at radius 2 is 1.46 bits per heavy atom. The van der Waals surface area contributed by atoms with Gasteiger partial charge in [0.05, 0.1) is 6.61 Å². The number of Topliss-reactive ketones (excluding diaryl/α,β-unsaturated/α-hetero) is 1. The van der Waals surface area contributed by atoms with Gasteiger partial charge in [-0.15, -0.1) is 0 Å². The van der Waals surface area contributed by atoms with Gasteiger partial charge in [0.2, 0.25) is 0 Å². The van der Waals surface area contributed by atoms with Gasteiger partial charge in [0.15, 0.2) is 12.4 Å². The van der Waals surface area contributed by atoms with Crippen molar-refractivity contribution >= 4 is 11.7 Å². The Balaban J connectivity index is 1.83. The Labute approximate surface area is 154 Å². The molecule has 0 atom stereocenters. The maximum absolute atomic E-state index is 12.2. The second-order valence-electron chi connectivity index (χ2n) is 5.92. The zero-order valence-corrected chi connectivity index (χ0v) is 15.5. The van der Waals surface area contributed by atoms with Crippen LogP contribution in [0.15, 0.2) is 48.5 Å². The van der Waals surface area contributed by atoms with Gasteiger partial charge in [-0.05, 0) is 48.9 Å². The second kappa shape index (κ2) is 9.61. The summed E-state index contributed by atoms with van der Waals surface area (Å²) < 4.78 is 10.9. The predicted octanol–water partition coefficient (Wildman–Crippen LogP) is 3.72. The summed E-state index contributed by atoms with van der Waals surface area (Å²) in [5, 5.41) is 0. The van der Waals surface area contributed by atoms with Crippen molar-refractivity contribution in [1.29, 1.82) is 0 Å². The Hall–Kier alpha value is -2.82. The number of rotatable bonds is 9. The fourth-order valence-corrected chi connectivity index (χ4v) is 2.42. The number of carbonyl (C=O) groups is 2. The summed E-state index contributed by atoms with van der Waals surface area (Å²) in [5.74, 6) is 1.36. The van der Waals surface area contributed by atoms with E-state index in [1.54, 1.807) is 36.2 Å². The topological polar surface area (TPSA) is 55.8 Å². The molecule has 0 saturated carbocycles. The lowest BCUT2D eigenvalue weighted by atomic mass is 10.1. The highest BCUT2D eigenvalue weighted by atomic mass is 16.5. The molecular weight excluding hydrogens is 330 g/mol. The van der Waals surface area contributed by atoms with Crippen LogP contribution < -0.4 is 9.47 Å². The Bertz CT molecular complexity index is 723. The highest BCUT2D eigenvalue weighted by molar-refractivity contribution is 5.95. The molecular formula is C21H25NO4. The van der Waals surface area contributed by atoms with Crippen molar-refractivity contribution in [1.82, 2.24) is 4.90 Å². The monoisotopic (exact) mass is 355 g/mol. The maximum atomic E-state index is 12.2. The molecule has 0 aromatic heterocycles. The van der Waals surface area contributed by atoms with Crippen LogP contribution in [-0.4, -0.2) is 36.9 Å². The van der Waals surface area contributed by atoms with E-state index >= 15 is 0 Å². The molecule has 0 aliphatic carbocycles. The first-order valence-electron chi connectivity index (χ1n) is 8.75. The molecule has 0 heterocycles. The largest absolute Gasteiger partial charge is 0.494 e. The highest BCUT2D eigenvalue weighted by Crippen LogP contribution is 2.15. The standard InChI is InChI=1S/C21H25NO4/c1-4-20(23)17-8-12-19(13-9-17)26-15-21(24)22(3)14-16-6-10-18(11-7-16)25-5-2/h6-13H,4-5,14-15H2,1-3H3. The van der Waals surface area contributed by atoms with Crippen molar-refractivity contribution in [3.8, 4) is 11.5 Å². The summed E-state index contributed by atoms with van der Waals surface area (Å²) in [6.07, 6.45) is 0.467. The van der Waals surface area contributed by atoms with Crippen molar-refractivity contribution in [3.63, 3.8) is 0 Å². The number of ether oxygens (including phenoxy) is 2. The molecule has 0 aliphatic rings. The van der Waals surface area contributed by atoms with E-state index < -0.39 is 0 Å². The maximum Gasteiger partial charge on any atom is 0.260 e. The van der Waals surface area contributed by atoms with E-state index in [0.717, 1.165) is 11.3 Å². The Morgan fingerprint density at radius 1 is 0.885 bits per heavy atom. The lowest BCUT2D eigenvalue weighted by Crippen LogP contribution is -2.30. The van der Waals surface area contributed by atoms with Crippen LogP contribution in [0.1, 0.15) is 36.2 Å². The van der Waals surface area contributed by atoms with Crippen molar-refractivity contribution in [3.05, 3.63) is 59.7 Å². The summed E-state index contributed by atoms with van der Waals surface area (Å²) >= 11 is 0. The smallest absolute Gasteiger partial charge is 0.260 e. The average Bonchev–Trinajstić information content (AvgIpc) is 2.67. The Morgan fingerprint density at radius 3 is 2.04 bits per heavy atom. The van der Waals surface area contributed by atoms with Crippen LogP contribution in [-0.2, 0) is 11.3 Å². The van der Waals surface area contributed by atoms with Gasteiger partial charge in [0, 0.05) is 25.6 Å². The van der Waals surface area contributed by atoms with E-state index in [1.807, 2.05) is 38.1 Å². The van der Waals surface area contributed by atoms with E-state index in [0.29, 0.717) is 30.9 Å². The molecule has 0 saturated heterocycles. The van der Waals surface area contributed by atoms with Crippen LogP contribution >= 0.6 is 0 Å². The minimum absolute atomic E-state index is 0.0470. The number of likely N-dealkylation sites (N-methyl/N-ethyl adjacent to an activating group) is 1. The van der Waals surface area contributed by atoms with E-state index in [4.69, 9.17) is 9.47 Å². The molecule has 0 unspecified atom stereocenters. The van der Waals surface area contributed by atoms with Crippen molar-refractivity contribution in [2.45, 2.75) is 26.8 Å². The molecule has 0 fully saturated rings. The molecule has 0 bridgehead atoms. The third-order valence-electron chi connectivity index (χ3n) is 3.94. The van der Waals surface area contributed by atoms with Gasteiger partial charge in [-0.25, -0.2) is 0 Å². The van der Waals surface area contributed by atoms with Gasteiger partial charge in [-0.3, -0.25) is 9.59 Å². The van der Waals surface area contributed by atoms with Gasteiger partial charge >= 0.3 is 0 Å². The van der Waals surface area contributed by atoms with Crippen LogP contribution in [0.2, 0.25) is 0 Å². The molecule has 0 aliphatic heterocycles. The molecule has 138 valence electrons. The average molecular weight is 355 g/mol. The number of amides is 1. The lowest BCUT2D eigenvalue weighted by Gasteiger charge is -2.18. The zero-order chi connectivity index (χ0) is 18.9. The quantitative estimate of drug-likeness (QED) is 0.644. The summed E-state index contributed by atoms with van der Waals surface area (Å²) in [6, 6.07) is 14.5. The first kappa shape index (κ1) is 19.5. The van der Waals surface area contributed by atoms with E-state index in [1.165, 1.54) is 0 Å². The number of nitrogens with zero attached hydrogens (tertiary/aromatic N) is 1. The Kier molecular flexibility index (Phi) is 7.21. The summed E-state index contributed by atoms with van der Waals surface area (Å²) in [6.45, 7) is 4.84. The third kappa shape index (κ3) is 5.62. The highest BCUT2D eigenvalue weighted by Gasteiger charge is 2.11. The fourth-order valence-electron chi connectivity index (χ4n) is 2.42. The molecule has 0 spiro atoms. The van der Waals surface area contributed by atoms with Crippen LogP contribution in [0.4, 0.5) is 0 Å². The molecule has 26 heavy (non-hydrogen) atoms. The number of carbonyl (C=O) groups excluding carboxylic acids is 2. The van der Waals surface area contributed by atoms with E-state index in [-0.39, 0.29) is 18.3 Å². The van der Waals surface area contributed by atoms with E-state index in [9.17, 15) is 9.59 Å². The van der Waals surface area contributed by atoms with Gasteiger partial charge in [0.1, 0.15) is 11.5 Å². The van der Waals surface area contributed by atoms with Crippen molar-refractivity contribution in [2.75, 3.05) is 20.3 Å². The normalized spacial score (nSPS) is 10.3. The minimum Gasteiger partial charge on any atom is -0.494 e. The van der Waals surface area contributed by atoms with Crippen molar-refractivity contribution < 1.29 is 19.1 Å². The summed E-state index contributed by atoms with van der Waals surface area (Å²) in [7, 11) is 1.74. The van der Waals surface area contributed by atoms with Gasteiger partial charge in [0.25, 0.3) is 5.91 Å². The second-order valence-corrected chi connectivity index (χ2v) is 5.92. The van der Waals surface area contributed by atoms with Gasteiger partial charge < -0.3 is 14.4 Å². The zero-order valence-electron chi connectivity index (χ0n) is 15.5. The van der Waals surface area contributed by atoms with Crippen LogP contribution in [0.25, 0.3) is 0 Å². The molecule has 2 rings (SSSR count). The number of ketones is 1. The predicted molar refractivity (Wildman–Crippen MR) is 101 cm³/mol. The molecule has 5 nitrogen and oxygen atoms in total. The molecule has 1 amide bonds. The first-order valence-corrected chi connectivity index (χ1v) is 8.75. The third-order valence-corrected chi connectivity index (χ3v) is 3.94. The molecule has 2 aromatic carbocycles. The summed E-state index contributed by atoms with van der Waals surface area (Å²) in [4.78, 5) is 25.5. The molecule has 5 heteroatoms. The SMILES string of the molecule is CCOc1ccc(CN(C)C(=O)COc2ccc(C(=O)CC)cc2)cc1. The van der Waals surface area contributed by atoms with Crippen LogP contribution in [0, 0.1) is 0 Å². The van der Waals surface area contributed by atoms with Gasteiger partial charge in [-0.1, -0.05) is 19.1 Å². The van der Waals surface area contributed by atoms with E-state index in [2.05, 4.69) is 0 Å². The van der Waals surface area contributed by atoms with Crippen molar-refractivity contribution in [2.24, 2.45) is 0 Å². The number of hydrogen-bond acceptors (Lipinski definition) is 4. The number of hydrogen-bond donors (Lipinski definition) is 0. The number of benzene rings is 2. The first-order chi connectivity index (χ1) is 12.5. The summed E-state index contributed by atoms with van der Waals surface area (Å²) in [5.41, 5.74) is 1.67. The molecule has 0 N–H and O–H groups in total. The molecule has 0 radical (unpaired) electrons. The van der Waals surface area contributed by atoms with Gasteiger partial charge in [-0.2, -0.15) is 0 Å². The molecule has 2 aromatic rings. The van der Waals surface area contributed by atoms with Crippen LogP contribution in [0.5, 0.6) is 11.5 Å².